The van der Waals surface area contributed by atoms with Crippen LogP contribution in [0.25, 0.3) is 0 Å². The predicted octanol–water partition coefficient (Wildman–Crippen LogP) is 1.09. The van der Waals surface area contributed by atoms with Crippen molar-refractivity contribution in [1.82, 2.24) is 9.97 Å². The molecule has 0 saturated carbocycles. The van der Waals surface area contributed by atoms with Crippen LogP contribution >= 0.6 is 11.6 Å². The lowest BCUT2D eigenvalue weighted by atomic mass is 9.92. The first-order valence-electron chi connectivity index (χ1n) is 4.58. The minimum absolute atomic E-state index is 0.528. The molecule has 4 nitrogen and oxygen atoms in total. The number of hydrogen-bond acceptors (Lipinski definition) is 4. The second-order valence-corrected chi connectivity index (χ2v) is 4.07. The minimum atomic E-state index is -0.553. The van der Waals surface area contributed by atoms with Gasteiger partial charge in [-0.3, -0.25) is 0 Å². The lowest BCUT2D eigenvalue weighted by Crippen LogP contribution is -2.62. The normalized spacial score (nSPS) is 19.2. The number of hydrogen-bond donors (Lipinski definition) is 1. The Morgan fingerprint density at radius 3 is 2.57 bits per heavy atom. The fourth-order valence-corrected chi connectivity index (χ4v) is 1.60. The minimum Gasteiger partial charge on any atom is -0.386 e. The Morgan fingerprint density at radius 2 is 2.07 bits per heavy atom. The van der Waals surface area contributed by atoms with Crippen LogP contribution in [0.1, 0.15) is 13.3 Å². The van der Waals surface area contributed by atoms with Gasteiger partial charge < -0.3 is 10.0 Å². The van der Waals surface area contributed by atoms with E-state index in [4.69, 9.17) is 11.6 Å². The van der Waals surface area contributed by atoms with Gasteiger partial charge in [0.05, 0.1) is 36.1 Å². The third-order valence-electron chi connectivity index (χ3n) is 2.52. The molecule has 0 spiro atoms. The van der Waals surface area contributed by atoms with Crippen molar-refractivity contribution < 1.29 is 5.11 Å². The molecule has 0 amide bonds. The Balaban J connectivity index is 2.03. The molecule has 76 valence electrons. The van der Waals surface area contributed by atoms with E-state index in [1.165, 1.54) is 0 Å². The third kappa shape index (κ3) is 1.67. The molecule has 14 heavy (non-hydrogen) atoms. The number of nitrogens with zero attached hydrogens (tertiary/aromatic N) is 3. The quantitative estimate of drug-likeness (QED) is 0.799. The summed E-state index contributed by atoms with van der Waals surface area (Å²) in [5.41, 5.74) is -0.553. The van der Waals surface area contributed by atoms with Crippen LogP contribution in [0.2, 0.25) is 5.02 Å². The number of aliphatic hydroxyl groups is 1. The maximum Gasteiger partial charge on any atom is 0.225 e. The van der Waals surface area contributed by atoms with Crippen LogP contribution in [-0.4, -0.2) is 33.8 Å². The summed E-state index contributed by atoms with van der Waals surface area (Å²) in [5, 5.41) is 10.3. The Bertz CT molecular complexity index is 321. The van der Waals surface area contributed by atoms with E-state index in [9.17, 15) is 5.11 Å². The molecule has 0 radical (unpaired) electrons. The summed E-state index contributed by atoms with van der Waals surface area (Å²) in [6.07, 6.45) is 3.89. The first-order valence-corrected chi connectivity index (χ1v) is 4.96. The lowest BCUT2D eigenvalue weighted by molar-refractivity contribution is 0.00756. The zero-order valence-corrected chi connectivity index (χ0v) is 8.70. The smallest absolute Gasteiger partial charge is 0.225 e. The maximum atomic E-state index is 9.78. The van der Waals surface area contributed by atoms with E-state index in [1.807, 2.05) is 11.8 Å². The van der Waals surface area contributed by atoms with Crippen molar-refractivity contribution in [1.29, 1.82) is 0 Å². The molecular weight excluding hydrogens is 202 g/mol. The van der Waals surface area contributed by atoms with Crippen LogP contribution in [0.15, 0.2) is 12.4 Å². The molecule has 2 rings (SSSR count). The van der Waals surface area contributed by atoms with Crippen LogP contribution in [0.4, 0.5) is 5.95 Å². The lowest BCUT2D eigenvalue weighted by Gasteiger charge is -2.45. The van der Waals surface area contributed by atoms with Crippen molar-refractivity contribution in [3.8, 4) is 0 Å². The number of anilines is 1. The Morgan fingerprint density at radius 1 is 1.50 bits per heavy atom. The standard InChI is InChI=1S/C9H12ClN3O/c1-2-9(14)5-13(6-9)8-11-3-7(10)4-12-8/h3-4,14H,2,5-6H2,1H3. The molecule has 2 heterocycles. The van der Waals surface area contributed by atoms with Crippen LogP contribution in [0.5, 0.6) is 0 Å². The molecule has 1 aromatic heterocycles. The average molecular weight is 214 g/mol. The van der Waals surface area contributed by atoms with E-state index in [2.05, 4.69) is 9.97 Å². The second-order valence-electron chi connectivity index (χ2n) is 3.64. The van der Waals surface area contributed by atoms with Crippen LogP contribution in [0.3, 0.4) is 0 Å². The van der Waals surface area contributed by atoms with E-state index < -0.39 is 5.60 Å². The first-order chi connectivity index (χ1) is 6.63. The predicted molar refractivity (Wildman–Crippen MR) is 54.5 cm³/mol. The summed E-state index contributed by atoms with van der Waals surface area (Å²) < 4.78 is 0. The molecule has 1 fully saturated rings. The first kappa shape index (κ1) is 9.68. The third-order valence-corrected chi connectivity index (χ3v) is 2.71. The molecule has 0 bridgehead atoms. The van der Waals surface area contributed by atoms with Crippen LogP contribution in [-0.2, 0) is 0 Å². The van der Waals surface area contributed by atoms with E-state index in [0.717, 1.165) is 6.42 Å². The van der Waals surface area contributed by atoms with Gasteiger partial charge >= 0.3 is 0 Å². The Hall–Kier alpha value is -0.870. The molecule has 1 saturated heterocycles. The van der Waals surface area contributed by atoms with E-state index in [0.29, 0.717) is 24.1 Å². The van der Waals surface area contributed by atoms with Crippen LogP contribution < -0.4 is 4.90 Å². The van der Waals surface area contributed by atoms with Crippen molar-refractivity contribution in [3.63, 3.8) is 0 Å². The Kier molecular flexibility index (Phi) is 2.33. The summed E-state index contributed by atoms with van der Waals surface area (Å²) >= 11 is 5.67. The van der Waals surface area contributed by atoms with Crippen molar-refractivity contribution in [2.24, 2.45) is 0 Å². The van der Waals surface area contributed by atoms with E-state index >= 15 is 0 Å². The molecule has 1 aliphatic heterocycles. The fourth-order valence-electron chi connectivity index (χ4n) is 1.50. The van der Waals surface area contributed by atoms with Crippen molar-refractivity contribution in [2.75, 3.05) is 18.0 Å². The van der Waals surface area contributed by atoms with Crippen molar-refractivity contribution >= 4 is 17.5 Å². The van der Waals surface area contributed by atoms with Crippen molar-refractivity contribution in [3.05, 3.63) is 17.4 Å². The zero-order chi connectivity index (χ0) is 10.2. The summed E-state index contributed by atoms with van der Waals surface area (Å²) in [6.45, 7) is 3.18. The number of rotatable bonds is 2. The summed E-state index contributed by atoms with van der Waals surface area (Å²) in [5.74, 6) is 0.632. The maximum absolute atomic E-state index is 9.78. The molecule has 5 heteroatoms. The molecule has 1 aromatic rings. The van der Waals surface area contributed by atoms with Crippen LogP contribution in [0, 0.1) is 0 Å². The van der Waals surface area contributed by atoms with E-state index in [-0.39, 0.29) is 0 Å². The van der Waals surface area contributed by atoms with Gasteiger partial charge in [0.2, 0.25) is 5.95 Å². The SMILES string of the molecule is CCC1(O)CN(c2ncc(Cl)cn2)C1. The molecule has 0 aromatic carbocycles. The highest BCUT2D eigenvalue weighted by molar-refractivity contribution is 6.30. The van der Waals surface area contributed by atoms with Gasteiger partial charge in [-0.05, 0) is 6.42 Å². The number of halogens is 1. The molecular formula is C9H12ClN3O. The zero-order valence-electron chi connectivity index (χ0n) is 7.94. The largest absolute Gasteiger partial charge is 0.386 e. The monoisotopic (exact) mass is 213 g/mol. The molecule has 0 atom stereocenters. The van der Waals surface area contributed by atoms with Gasteiger partial charge in [-0.1, -0.05) is 18.5 Å². The summed E-state index contributed by atoms with van der Waals surface area (Å²) in [4.78, 5) is 10.1. The van der Waals surface area contributed by atoms with Gasteiger partial charge in [-0.15, -0.1) is 0 Å². The molecule has 0 unspecified atom stereocenters. The van der Waals surface area contributed by atoms with Gasteiger partial charge in [-0.2, -0.15) is 0 Å². The highest BCUT2D eigenvalue weighted by atomic mass is 35.5. The number of aromatic nitrogens is 2. The van der Waals surface area contributed by atoms with Gasteiger partial charge in [0, 0.05) is 0 Å². The molecule has 1 aliphatic rings. The summed E-state index contributed by atoms with van der Waals surface area (Å²) in [7, 11) is 0. The number of β-amino-alcohol motifs (C(OH)–C–C–N with tert-alkyl or cyclic N) is 1. The second kappa shape index (κ2) is 3.37. The highest BCUT2D eigenvalue weighted by Crippen LogP contribution is 2.27. The highest BCUT2D eigenvalue weighted by Gasteiger charge is 2.40. The van der Waals surface area contributed by atoms with Crippen molar-refractivity contribution in [2.45, 2.75) is 18.9 Å². The van der Waals surface area contributed by atoms with E-state index in [1.54, 1.807) is 12.4 Å². The topological polar surface area (TPSA) is 49.2 Å². The van der Waals surface area contributed by atoms with Gasteiger partial charge in [0.1, 0.15) is 0 Å². The average Bonchev–Trinajstić information content (AvgIpc) is 2.15. The van der Waals surface area contributed by atoms with Gasteiger partial charge in [0.25, 0.3) is 0 Å². The fraction of sp³-hybridized carbons (Fsp3) is 0.556. The molecule has 1 N–H and O–H groups in total. The summed E-state index contributed by atoms with van der Waals surface area (Å²) in [6, 6.07) is 0. The Labute approximate surface area is 87.5 Å². The van der Waals surface area contributed by atoms with Gasteiger partial charge in [-0.25, -0.2) is 9.97 Å². The molecule has 0 aliphatic carbocycles. The van der Waals surface area contributed by atoms with Gasteiger partial charge in [0.15, 0.2) is 0 Å².